The fraction of sp³-hybridized carbons (Fsp3) is 0.0769. The number of alkyl halides is 3. The third-order valence-electron chi connectivity index (χ3n) is 7.52. The van der Waals surface area contributed by atoms with E-state index in [1.165, 1.54) is 61.1 Å². The van der Waals surface area contributed by atoms with Crippen molar-refractivity contribution >= 4 is 53.7 Å². The van der Waals surface area contributed by atoms with Gasteiger partial charge in [-0.25, -0.2) is 19.0 Å². The van der Waals surface area contributed by atoms with Gasteiger partial charge in [0, 0.05) is 18.1 Å². The van der Waals surface area contributed by atoms with Crippen LogP contribution in [0.4, 0.5) is 40.4 Å². The molecule has 14 heteroatoms. The van der Waals surface area contributed by atoms with Crippen LogP contribution in [0.25, 0.3) is 22.3 Å². The summed E-state index contributed by atoms with van der Waals surface area (Å²) < 4.78 is 68.0. The molecule has 0 saturated heterocycles. The molecule has 0 saturated carbocycles. The number of pyridine rings is 2. The van der Waals surface area contributed by atoms with E-state index in [-0.39, 0.29) is 58.3 Å². The van der Waals surface area contributed by atoms with Crippen LogP contribution in [-0.2, 0) is 4.74 Å². The number of esters is 2. The monoisotopic (exact) mass is 716 g/mol. The van der Waals surface area contributed by atoms with Gasteiger partial charge >= 0.3 is 37.2 Å². The molecule has 2 N–H and O–H groups in total. The molecule has 9 nitrogen and oxygen atoms in total. The number of carbonyl (C=O) groups excluding carboxylic acids is 2. The number of hydrogen-bond donors (Lipinski definition) is 2. The molecule has 0 bridgehead atoms. The van der Waals surface area contributed by atoms with Crippen molar-refractivity contribution in [3.05, 3.63) is 145 Å². The summed E-state index contributed by atoms with van der Waals surface area (Å²) in [4.78, 5) is 34.8. The fourth-order valence-corrected chi connectivity index (χ4v) is 5.16. The zero-order valence-electron chi connectivity index (χ0n) is 27.3. The van der Waals surface area contributed by atoms with Gasteiger partial charge in [-0.15, -0.1) is 13.2 Å². The van der Waals surface area contributed by atoms with Crippen molar-refractivity contribution in [3.63, 3.8) is 0 Å². The maximum atomic E-state index is 15.3. The number of benzene rings is 4. The number of aromatic nitrogens is 2. The number of halogens is 4. The number of anilines is 4. The molecule has 264 valence electrons. The third kappa shape index (κ3) is 9.79. The summed E-state index contributed by atoms with van der Waals surface area (Å²) in [7, 11) is 0. The van der Waals surface area contributed by atoms with Gasteiger partial charge in [-0.1, -0.05) is 42.5 Å². The Balaban J connectivity index is 0.00000541. The van der Waals surface area contributed by atoms with E-state index in [2.05, 4.69) is 25.3 Å². The molecule has 0 atom stereocenters. The fourth-order valence-electron chi connectivity index (χ4n) is 5.16. The standard InChI is InChI=1S/C39H28F4N4O5.Li.H/c1-2-50-29-8-3-6-25(20-29)24-11-14-28(15-12-24)46-36-32(10-5-18-45-36)38(49)51-37(48)31-17-19-44-23-35(31)47-34-16-13-27(22-33(34)40)26-7-4-9-30(21-26)52-39(41,42)43;;/h3-23,47H,2H2,1H3,(H,45,46);;. The van der Waals surface area contributed by atoms with Crippen molar-refractivity contribution in [2.45, 2.75) is 13.3 Å². The van der Waals surface area contributed by atoms with Gasteiger partial charge in [0.25, 0.3) is 0 Å². The van der Waals surface area contributed by atoms with Crippen LogP contribution in [0.3, 0.4) is 0 Å². The maximum absolute atomic E-state index is 15.3. The molecule has 0 radical (unpaired) electrons. The summed E-state index contributed by atoms with van der Waals surface area (Å²) in [6.45, 7) is 2.47. The van der Waals surface area contributed by atoms with Gasteiger partial charge in [-0.3, -0.25) is 4.98 Å². The minimum absolute atomic E-state index is 0. The van der Waals surface area contributed by atoms with E-state index < -0.39 is 29.9 Å². The Bertz CT molecular complexity index is 2240. The van der Waals surface area contributed by atoms with E-state index in [1.54, 1.807) is 0 Å². The third-order valence-corrected chi connectivity index (χ3v) is 7.52. The predicted molar refractivity (Wildman–Crippen MR) is 194 cm³/mol. The van der Waals surface area contributed by atoms with Crippen molar-refractivity contribution in [1.82, 2.24) is 9.97 Å². The van der Waals surface area contributed by atoms with Crippen molar-refractivity contribution in [3.8, 4) is 33.8 Å². The van der Waals surface area contributed by atoms with Gasteiger partial charge in [0.05, 0.1) is 29.7 Å². The van der Waals surface area contributed by atoms with Crippen molar-refractivity contribution in [2.24, 2.45) is 0 Å². The Morgan fingerprint density at radius 1 is 0.698 bits per heavy atom. The molecule has 6 aromatic rings. The first kappa shape index (κ1) is 38.1. The Morgan fingerprint density at radius 2 is 1.36 bits per heavy atom. The first-order valence-corrected chi connectivity index (χ1v) is 15.7. The predicted octanol–water partition coefficient (Wildman–Crippen LogP) is 9.08. The van der Waals surface area contributed by atoms with E-state index in [0.29, 0.717) is 12.3 Å². The average molecular weight is 717 g/mol. The van der Waals surface area contributed by atoms with E-state index in [0.717, 1.165) is 35.1 Å². The Morgan fingerprint density at radius 3 is 2.08 bits per heavy atom. The van der Waals surface area contributed by atoms with Gasteiger partial charge < -0.3 is 24.8 Å². The van der Waals surface area contributed by atoms with E-state index in [4.69, 9.17) is 9.47 Å². The van der Waals surface area contributed by atoms with Crippen LogP contribution in [-0.4, -0.2) is 53.7 Å². The SMILES string of the molecule is CCOc1cccc(-c2ccc(Nc3ncccc3C(=O)OC(=O)c3ccncc3Nc3ccc(-c4cccc(OC(F)(F)F)c4)cc3F)cc2)c1.[LiH]. The van der Waals surface area contributed by atoms with Crippen LogP contribution in [0.15, 0.2) is 128 Å². The summed E-state index contributed by atoms with van der Waals surface area (Å²) in [5, 5.41) is 5.86. The molecule has 2 heterocycles. The van der Waals surface area contributed by atoms with E-state index >= 15 is 4.39 Å². The second-order valence-corrected chi connectivity index (χ2v) is 11.1. The van der Waals surface area contributed by atoms with Crippen LogP contribution in [0.5, 0.6) is 11.5 Å². The van der Waals surface area contributed by atoms with Crippen LogP contribution < -0.4 is 20.1 Å². The Labute approximate surface area is 313 Å². The van der Waals surface area contributed by atoms with Gasteiger partial charge in [-0.05, 0) is 95.9 Å². The number of hydrogen-bond acceptors (Lipinski definition) is 9. The van der Waals surface area contributed by atoms with E-state index in [9.17, 15) is 22.8 Å². The van der Waals surface area contributed by atoms with Gasteiger partial charge in [0.15, 0.2) is 0 Å². The molecule has 0 fully saturated rings. The number of carbonyl (C=O) groups is 2. The average Bonchev–Trinajstić information content (AvgIpc) is 3.13. The quantitative estimate of drug-likeness (QED) is 0.0587. The van der Waals surface area contributed by atoms with Crippen LogP contribution in [0.1, 0.15) is 27.6 Å². The minimum atomic E-state index is -4.88. The summed E-state index contributed by atoms with van der Waals surface area (Å²) in [6, 6.07) is 28.4. The second kappa shape index (κ2) is 16.9. The molecule has 0 unspecified atom stereocenters. The molecule has 4 aromatic carbocycles. The Hall–Kier alpha value is -6.16. The number of nitrogens with one attached hydrogen (secondary N) is 2. The van der Waals surface area contributed by atoms with Crippen LogP contribution >= 0.6 is 0 Å². The topological polar surface area (TPSA) is 112 Å². The molecular formula is C39H29F4LiN4O5. The number of rotatable bonds is 11. The summed E-state index contributed by atoms with van der Waals surface area (Å²) >= 11 is 0. The van der Waals surface area contributed by atoms with Crippen molar-refractivity contribution < 1.29 is 41.4 Å². The zero-order valence-corrected chi connectivity index (χ0v) is 27.3. The molecule has 53 heavy (non-hydrogen) atoms. The van der Waals surface area contributed by atoms with Crippen LogP contribution in [0.2, 0.25) is 0 Å². The Kier molecular flexibility index (Phi) is 12.1. The molecule has 0 aliphatic rings. The zero-order chi connectivity index (χ0) is 36.7. The second-order valence-electron chi connectivity index (χ2n) is 11.1. The normalized spacial score (nSPS) is 10.8. The molecule has 0 amide bonds. The van der Waals surface area contributed by atoms with Gasteiger partial charge in [0.2, 0.25) is 0 Å². The first-order valence-electron chi connectivity index (χ1n) is 15.7. The van der Waals surface area contributed by atoms with Crippen molar-refractivity contribution in [1.29, 1.82) is 0 Å². The number of ether oxygens (including phenoxy) is 3. The molecule has 2 aromatic heterocycles. The van der Waals surface area contributed by atoms with Crippen LogP contribution in [0, 0.1) is 5.82 Å². The molecular weight excluding hydrogens is 687 g/mol. The van der Waals surface area contributed by atoms with E-state index in [1.807, 2.05) is 55.5 Å². The van der Waals surface area contributed by atoms with Crippen molar-refractivity contribution in [2.75, 3.05) is 17.2 Å². The summed E-state index contributed by atoms with van der Waals surface area (Å²) in [5.41, 5.74) is 2.91. The molecule has 6 rings (SSSR count). The molecule has 0 aliphatic heterocycles. The first-order chi connectivity index (χ1) is 25.1. The molecule has 0 spiro atoms. The molecule has 0 aliphatic carbocycles. The summed E-state index contributed by atoms with van der Waals surface area (Å²) in [5.74, 6) is -2.35. The van der Waals surface area contributed by atoms with Gasteiger partial charge in [-0.2, -0.15) is 0 Å². The van der Waals surface area contributed by atoms with Gasteiger partial charge in [0.1, 0.15) is 28.7 Å². The number of nitrogens with zero attached hydrogens (tertiary/aromatic N) is 2. The summed E-state index contributed by atoms with van der Waals surface area (Å²) in [6.07, 6.45) is -0.851.